The van der Waals surface area contributed by atoms with Gasteiger partial charge in [-0.25, -0.2) is 4.98 Å². The van der Waals surface area contributed by atoms with Crippen molar-refractivity contribution >= 4 is 32.8 Å². The van der Waals surface area contributed by atoms with E-state index < -0.39 is 10.0 Å². The fourth-order valence-electron chi connectivity index (χ4n) is 2.94. The van der Waals surface area contributed by atoms with Crippen LogP contribution in [-0.2, 0) is 10.0 Å². The van der Waals surface area contributed by atoms with Crippen molar-refractivity contribution in [3.05, 3.63) is 30.2 Å². The average Bonchev–Trinajstić information content (AvgIpc) is 3.21. The second kappa shape index (κ2) is 6.61. The first-order valence-corrected chi connectivity index (χ1v) is 9.90. The predicted octanol–water partition coefficient (Wildman–Crippen LogP) is 1.82. The lowest BCUT2D eigenvalue weighted by atomic mass is 10.1. The van der Waals surface area contributed by atoms with Crippen molar-refractivity contribution in [3.8, 4) is 0 Å². The smallest absolute Gasteiger partial charge is 0.295 e. The minimum Gasteiger partial charge on any atom is -0.424 e. The highest BCUT2D eigenvalue weighted by Crippen LogP contribution is 2.25. The Morgan fingerprint density at radius 2 is 2.08 bits per heavy atom. The molecule has 0 radical (unpaired) electrons. The summed E-state index contributed by atoms with van der Waals surface area (Å²) < 4.78 is 33.0. The molecule has 1 aliphatic rings. The number of sulfonamides is 1. The van der Waals surface area contributed by atoms with E-state index in [1.165, 1.54) is 6.20 Å². The maximum atomic E-state index is 12.4. The van der Waals surface area contributed by atoms with Gasteiger partial charge in [0, 0.05) is 6.04 Å². The number of hydrogen-bond acceptors (Lipinski definition) is 7. The highest BCUT2D eigenvalue weighted by Gasteiger charge is 2.18. The van der Waals surface area contributed by atoms with Gasteiger partial charge in [0.1, 0.15) is 11.3 Å². The number of H-pyrrole nitrogens is 1. The Morgan fingerprint density at radius 1 is 1.27 bits per heavy atom. The van der Waals surface area contributed by atoms with Gasteiger partial charge in [-0.1, -0.05) is 0 Å². The number of hydrogen-bond donors (Lipinski definition) is 4. The van der Waals surface area contributed by atoms with Gasteiger partial charge in [0.15, 0.2) is 10.6 Å². The Morgan fingerprint density at radius 3 is 2.81 bits per heavy atom. The molecular formula is C16H20N6O3S. The zero-order valence-electron chi connectivity index (χ0n) is 14.2. The Kier molecular flexibility index (Phi) is 4.29. The van der Waals surface area contributed by atoms with Crippen molar-refractivity contribution < 1.29 is 12.8 Å². The number of aryl methyl sites for hydroxylation is 1. The number of aromatic nitrogens is 3. The van der Waals surface area contributed by atoms with Crippen molar-refractivity contribution in [1.82, 2.24) is 20.3 Å². The van der Waals surface area contributed by atoms with Crippen LogP contribution in [-0.4, -0.2) is 42.5 Å². The first-order chi connectivity index (χ1) is 12.5. The summed E-state index contributed by atoms with van der Waals surface area (Å²) in [6.07, 6.45) is 3.30. The van der Waals surface area contributed by atoms with Crippen LogP contribution in [0.5, 0.6) is 0 Å². The predicted molar refractivity (Wildman–Crippen MR) is 97.7 cm³/mol. The van der Waals surface area contributed by atoms with Crippen LogP contribution in [0, 0.1) is 6.92 Å². The number of nitrogens with zero attached hydrogens (tertiary/aromatic N) is 2. The zero-order valence-corrected chi connectivity index (χ0v) is 15.1. The van der Waals surface area contributed by atoms with Crippen molar-refractivity contribution in [2.24, 2.45) is 0 Å². The number of piperidine rings is 1. The molecule has 4 rings (SSSR count). The summed E-state index contributed by atoms with van der Waals surface area (Å²) in [5.74, 6) is 0.533. The van der Waals surface area contributed by atoms with Gasteiger partial charge in [-0.15, -0.1) is 0 Å². The molecule has 1 saturated heterocycles. The molecule has 138 valence electrons. The lowest BCUT2D eigenvalue weighted by Crippen LogP contribution is -2.35. The number of oxazole rings is 1. The largest absolute Gasteiger partial charge is 0.424 e. The third-order valence-corrected chi connectivity index (χ3v) is 5.57. The quantitative estimate of drug-likeness (QED) is 0.535. The van der Waals surface area contributed by atoms with Crippen molar-refractivity contribution in [2.45, 2.75) is 30.8 Å². The molecule has 1 aliphatic heterocycles. The van der Waals surface area contributed by atoms with E-state index in [-0.39, 0.29) is 5.03 Å². The molecular weight excluding hydrogens is 356 g/mol. The van der Waals surface area contributed by atoms with E-state index >= 15 is 0 Å². The van der Waals surface area contributed by atoms with Crippen LogP contribution in [0.2, 0.25) is 0 Å². The lowest BCUT2D eigenvalue weighted by Gasteiger charge is -2.22. The Bertz CT molecular complexity index is 1020. The molecule has 1 fully saturated rings. The molecule has 3 heterocycles. The van der Waals surface area contributed by atoms with Crippen molar-refractivity contribution in [2.75, 3.05) is 23.1 Å². The van der Waals surface area contributed by atoms with Gasteiger partial charge in [-0.3, -0.25) is 4.72 Å². The van der Waals surface area contributed by atoms with Gasteiger partial charge in [0.25, 0.3) is 16.0 Å². The van der Waals surface area contributed by atoms with Gasteiger partial charge < -0.3 is 20.0 Å². The van der Waals surface area contributed by atoms with Crippen LogP contribution in [0.1, 0.15) is 18.7 Å². The van der Waals surface area contributed by atoms with Gasteiger partial charge in [-0.05, 0) is 51.1 Å². The van der Waals surface area contributed by atoms with E-state index in [1.807, 2.05) is 0 Å². The lowest BCUT2D eigenvalue weighted by molar-refractivity contribution is 0.466. The maximum Gasteiger partial charge on any atom is 0.295 e. The fraction of sp³-hybridized carbons (Fsp3) is 0.375. The number of imidazole rings is 1. The summed E-state index contributed by atoms with van der Waals surface area (Å²) in [7, 11) is -3.73. The zero-order chi connectivity index (χ0) is 18.1. The van der Waals surface area contributed by atoms with Gasteiger partial charge in [0.05, 0.1) is 11.9 Å². The summed E-state index contributed by atoms with van der Waals surface area (Å²) in [5, 5.41) is 6.62. The molecule has 0 atom stereocenters. The minimum absolute atomic E-state index is 0.0171. The average molecular weight is 376 g/mol. The second-order valence-corrected chi connectivity index (χ2v) is 7.96. The molecule has 3 aromatic rings. The summed E-state index contributed by atoms with van der Waals surface area (Å²) in [6.45, 7) is 3.63. The van der Waals surface area contributed by atoms with Gasteiger partial charge >= 0.3 is 0 Å². The molecule has 1 aromatic carbocycles. The maximum absolute atomic E-state index is 12.4. The van der Waals surface area contributed by atoms with E-state index in [9.17, 15) is 8.42 Å². The standard InChI is InChI=1S/C16H20N6O3S/c1-10-18-9-15(19-10)26(23,24)22-12-2-3-14-13(8-12)21-16(25-14)20-11-4-6-17-7-5-11/h2-3,8-9,11,17,22H,4-7H2,1H3,(H,18,19)(H,20,21). The SMILES string of the molecule is Cc1ncc(S(=O)(=O)Nc2ccc3oc(NC4CCNCC4)nc3c2)[nH]1. The molecule has 26 heavy (non-hydrogen) atoms. The van der Waals surface area contributed by atoms with Gasteiger partial charge in [-0.2, -0.15) is 13.4 Å². The third-order valence-electron chi connectivity index (χ3n) is 4.28. The molecule has 0 amide bonds. The minimum atomic E-state index is -3.73. The summed E-state index contributed by atoms with van der Waals surface area (Å²) in [5.41, 5.74) is 1.59. The molecule has 2 aromatic heterocycles. The molecule has 0 aliphatic carbocycles. The molecule has 10 heteroatoms. The fourth-order valence-corrected chi connectivity index (χ4v) is 3.96. The monoisotopic (exact) mass is 376 g/mol. The first kappa shape index (κ1) is 16.9. The molecule has 0 spiro atoms. The Labute approximate surface area is 150 Å². The third kappa shape index (κ3) is 3.51. The van der Waals surface area contributed by atoms with Crippen LogP contribution in [0.4, 0.5) is 11.7 Å². The highest BCUT2D eigenvalue weighted by atomic mass is 32.2. The number of nitrogens with one attached hydrogen (secondary N) is 4. The van der Waals surface area contributed by atoms with Gasteiger partial charge in [0.2, 0.25) is 0 Å². The number of benzene rings is 1. The van der Waals surface area contributed by atoms with Crippen molar-refractivity contribution in [3.63, 3.8) is 0 Å². The number of rotatable bonds is 5. The summed E-state index contributed by atoms with van der Waals surface area (Å²) in [4.78, 5) is 11.1. The highest BCUT2D eigenvalue weighted by molar-refractivity contribution is 7.92. The van der Waals surface area contributed by atoms with Crippen LogP contribution in [0.25, 0.3) is 11.1 Å². The van der Waals surface area contributed by atoms with Crippen LogP contribution in [0.3, 0.4) is 0 Å². The molecule has 0 saturated carbocycles. The molecule has 4 N–H and O–H groups in total. The molecule has 0 unspecified atom stereocenters. The number of fused-ring (bicyclic) bond motifs is 1. The van der Waals surface area contributed by atoms with Crippen LogP contribution >= 0.6 is 0 Å². The number of aromatic amines is 1. The topological polar surface area (TPSA) is 125 Å². The second-order valence-electron chi connectivity index (χ2n) is 6.31. The Hall–Kier alpha value is -2.59. The summed E-state index contributed by atoms with van der Waals surface area (Å²) in [6, 6.07) is 5.77. The van der Waals surface area contributed by atoms with E-state index in [4.69, 9.17) is 4.42 Å². The Balaban J connectivity index is 1.53. The van der Waals surface area contributed by atoms with Crippen LogP contribution < -0.4 is 15.4 Å². The van der Waals surface area contributed by atoms with E-state index in [1.54, 1.807) is 25.1 Å². The molecule has 9 nitrogen and oxygen atoms in total. The van der Waals surface area contributed by atoms with Crippen LogP contribution in [0.15, 0.2) is 33.8 Å². The first-order valence-electron chi connectivity index (χ1n) is 8.42. The van der Waals surface area contributed by atoms with Crippen molar-refractivity contribution in [1.29, 1.82) is 0 Å². The summed E-state index contributed by atoms with van der Waals surface area (Å²) >= 11 is 0. The number of anilines is 2. The van der Waals surface area contributed by atoms with E-state index in [2.05, 4.69) is 30.3 Å². The van der Waals surface area contributed by atoms with E-state index in [0.29, 0.717) is 34.7 Å². The normalized spacial score (nSPS) is 16.0. The molecule has 0 bridgehead atoms. The van der Waals surface area contributed by atoms with E-state index in [0.717, 1.165) is 25.9 Å².